The van der Waals surface area contributed by atoms with Gasteiger partial charge in [0.1, 0.15) is 0 Å². The van der Waals surface area contributed by atoms with Crippen molar-refractivity contribution in [2.24, 2.45) is 0 Å². The van der Waals surface area contributed by atoms with Crippen molar-refractivity contribution in [1.82, 2.24) is 9.80 Å². The summed E-state index contributed by atoms with van der Waals surface area (Å²) >= 11 is 8.12. The van der Waals surface area contributed by atoms with Gasteiger partial charge in [0.25, 0.3) is 10.1 Å². The molecule has 6 nitrogen and oxygen atoms in total. The molecule has 2 aliphatic rings. The van der Waals surface area contributed by atoms with Crippen LogP contribution in [0.2, 0.25) is 5.02 Å². The van der Waals surface area contributed by atoms with Crippen LogP contribution in [0.25, 0.3) is 0 Å². The second-order valence-corrected chi connectivity index (χ2v) is 10.8. The van der Waals surface area contributed by atoms with E-state index < -0.39 is 10.1 Å². The van der Waals surface area contributed by atoms with Gasteiger partial charge in [-0.1, -0.05) is 41.6 Å². The summed E-state index contributed by atoms with van der Waals surface area (Å²) in [6.07, 6.45) is 1.68. The Labute approximate surface area is 194 Å². The van der Waals surface area contributed by atoms with Crippen LogP contribution in [0.1, 0.15) is 17.2 Å². The van der Waals surface area contributed by atoms with Crippen LogP contribution in [0.3, 0.4) is 0 Å². The molecule has 170 valence electrons. The number of halogens is 1. The minimum Gasteiger partial charge on any atom is -0.372 e. The lowest BCUT2D eigenvalue weighted by molar-refractivity contribution is 0.0274. The van der Waals surface area contributed by atoms with E-state index in [0.29, 0.717) is 6.26 Å². The average molecular weight is 485 g/mol. The molecule has 9 heteroatoms. The SMILES string of the molecule is CN1CCN(CCOC2Cc3ccccc3Sc3ccc(Cl)cc32)CC1.CS(=O)(=O)O. The molecular formula is C22H29ClN2O4S2. The number of hydrogen-bond donors (Lipinski definition) is 1. The molecule has 0 aromatic heterocycles. The molecule has 1 atom stereocenters. The molecule has 2 heterocycles. The number of rotatable bonds is 4. The monoisotopic (exact) mass is 484 g/mol. The molecule has 1 fully saturated rings. The molecule has 2 aliphatic heterocycles. The van der Waals surface area contributed by atoms with Gasteiger partial charge in [0, 0.05) is 54.0 Å². The van der Waals surface area contributed by atoms with Crippen LogP contribution < -0.4 is 0 Å². The third-order valence-electron chi connectivity index (χ3n) is 5.24. The van der Waals surface area contributed by atoms with Crippen LogP contribution in [0.15, 0.2) is 52.3 Å². The van der Waals surface area contributed by atoms with Crippen molar-refractivity contribution >= 4 is 33.5 Å². The number of piperazine rings is 1. The Hall–Kier alpha value is -1.13. The minimum atomic E-state index is -3.67. The molecule has 0 saturated carbocycles. The summed E-state index contributed by atoms with van der Waals surface area (Å²) in [5.41, 5.74) is 2.58. The molecule has 0 bridgehead atoms. The topological polar surface area (TPSA) is 70.1 Å². The van der Waals surface area contributed by atoms with Gasteiger partial charge in [-0.3, -0.25) is 9.45 Å². The third-order valence-corrected chi connectivity index (χ3v) is 6.68. The zero-order valence-electron chi connectivity index (χ0n) is 17.8. The smallest absolute Gasteiger partial charge is 0.261 e. The van der Waals surface area contributed by atoms with Gasteiger partial charge >= 0.3 is 0 Å². The molecule has 4 rings (SSSR count). The molecule has 1 saturated heterocycles. The Bertz CT molecular complexity index is 971. The molecule has 31 heavy (non-hydrogen) atoms. The summed E-state index contributed by atoms with van der Waals surface area (Å²) in [7, 11) is -1.48. The zero-order chi connectivity index (χ0) is 22.4. The van der Waals surface area contributed by atoms with Crippen LogP contribution in [-0.4, -0.2) is 75.4 Å². The van der Waals surface area contributed by atoms with Gasteiger partial charge in [0.15, 0.2) is 0 Å². The molecule has 1 unspecified atom stereocenters. The maximum atomic E-state index is 9.19. The fourth-order valence-corrected chi connectivity index (χ4v) is 4.90. The van der Waals surface area contributed by atoms with Gasteiger partial charge in [-0.15, -0.1) is 0 Å². The van der Waals surface area contributed by atoms with Crippen LogP contribution in [-0.2, 0) is 21.3 Å². The third kappa shape index (κ3) is 8.05. The van der Waals surface area contributed by atoms with Gasteiger partial charge in [-0.25, -0.2) is 0 Å². The molecular weight excluding hydrogens is 456 g/mol. The first kappa shape index (κ1) is 24.5. The Morgan fingerprint density at radius 2 is 1.81 bits per heavy atom. The Balaban J connectivity index is 0.000000491. The number of hydrogen-bond acceptors (Lipinski definition) is 6. The minimum absolute atomic E-state index is 0.0623. The van der Waals surface area contributed by atoms with Gasteiger partial charge in [0.2, 0.25) is 0 Å². The van der Waals surface area contributed by atoms with Gasteiger partial charge in [-0.05, 0) is 42.4 Å². The molecule has 0 amide bonds. The van der Waals surface area contributed by atoms with Crippen molar-refractivity contribution in [3.05, 3.63) is 58.6 Å². The van der Waals surface area contributed by atoms with E-state index in [1.54, 1.807) is 0 Å². The maximum absolute atomic E-state index is 9.19. The highest BCUT2D eigenvalue weighted by atomic mass is 35.5. The summed E-state index contributed by atoms with van der Waals surface area (Å²) < 4.78 is 32.3. The highest BCUT2D eigenvalue weighted by Crippen LogP contribution is 2.42. The van der Waals surface area contributed by atoms with Gasteiger partial charge < -0.3 is 9.64 Å². The number of nitrogens with zero attached hydrogens (tertiary/aromatic N) is 2. The molecule has 0 aliphatic carbocycles. The number of fused-ring (bicyclic) bond motifs is 2. The van der Waals surface area contributed by atoms with Crippen LogP contribution >= 0.6 is 23.4 Å². The predicted octanol–water partition coefficient (Wildman–Crippen LogP) is 3.86. The zero-order valence-corrected chi connectivity index (χ0v) is 20.2. The largest absolute Gasteiger partial charge is 0.372 e. The lowest BCUT2D eigenvalue weighted by Crippen LogP contribution is -2.45. The standard InChI is InChI=1S/C21H25ClN2OS.CH4O3S/c1-23-8-10-24(11-9-23)12-13-25-19-14-16-4-2-3-5-20(16)26-21-7-6-17(22)15-18(19)21;1-5(2,3)4/h2-7,15,19H,8-14H2,1H3;1H3,(H,2,3,4). The fraction of sp³-hybridized carbons (Fsp3) is 0.455. The summed E-state index contributed by atoms with van der Waals surface area (Å²) in [5, 5.41) is 0.781. The highest BCUT2D eigenvalue weighted by Gasteiger charge is 2.24. The summed E-state index contributed by atoms with van der Waals surface area (Å²) in [4.78, 5) is 7.46. The van der Waals surface area contributed by atoms with Crippen LogP contribution in [0.4, 0.5) is 0 Å². The average Bonchev–Trinajstić information content (AvgIpc) is 2.85. The Morgan fingerprint density at radius 3 is 2.52 bits per heavy atom. The van der Waals surface area contributed by atoms with Crippen molar-refractivity contribution in [3.63, 3.8) is 0 Å². The van der Waals surface area contributed by atoms with E-state index in [-0.39, 0.29) is 6.10 Å². The van der Waals surface area contributed by atoms with Crippen molar-refractivity contribution in [2.45, 2.75) is 22.3 Å². The lowest BCUT2D eigenvalue weighted by Gasteiger charge is -2.32. The van der Waals surface area contributed by atoms with E-state index in [4.69, 9.17) is 20.9 Å². The maximum Gasteiger partial charge on any atom is 0.261 e. The summed E-state index contributed by atoms with van der Waals surface area (Å²) in [5.74, 6) is 0. The van der Waals surface area contributed by atoms with Gasteiger partial charge in [0.05, 0.1) is 19.0 Å². The van der Waals surface area contributed by atoms with Crippen molar-refractivity contribution in [2.75, 3.05) is 52.6 Å². The Kier molecular flexibility index (Phi) is 8.81. The van der Waals surface area contributed by atoms with Crippen molar-refractivity contribution in [3.8, 4) is 0 Å². The molecule has 1 N–H and O–H groups in total. The van der Waals surface area contributed by atoms with Crippen molar-refractivity contribution < 1.29 is 17.7 Å². The number of ether oxygens (including phenoxy) is 1. The predicted molar refractivity (Wildman–Crippen MR) is 126 cm³/mol. The quantitative estimate of drug-likeness (QED) is 0.661. The first-order valence-corrected chi connectivity index (χ1v) is 13.2. The molecule has 2 aromatic rings. The van der Waals surface area contributed by atoms with Crippen LogP contribution in [0, 0.1) is 0 Å². The second kappa shape index (κ2) is 11.1. The first-order valence-electron chi connectivity index (χ1n) is 10.2. The number of benzene rings is 2. The summed E-state index contributed by atoms with van der Waals surface area (Å²) in [6.45, 7) is 6.30. The molecule has 0 radical (unpaired) electrons. The second-order valence-electron chi connectivity index (χ2n) is 7.83. The van der Waals surface area contributed by atoms with E-state index in [2.05, 4.69) is 53.2 Å². The Morgan fingerprint density at radius 1 is 1.13 bits per heavy atom. The van der Waals surface area contributed by atoms with E-state index in [1.807, 2.05) is 17.8 Å². The lowest BCUT2D eigenvalue weighted by atomic mass is 10.0. The normalized spacial score (nSPS) is 19.5. The van der Waals surface area contributed by atoms with E-state index in [9.17, 15) is 8.42 Å². The highest BCUT2D eigenvalue weighted by molar-refractivity contribution is 7.99. The van der Waals surface area contributed by atoms with Gasteiger partial charge in [-0.2, -0.15) is 8.42 Å². The van der Waals surface area contributed by atoms with Crippen molar-refractivity contribution in [1.29, 1.82) is 0 Å². The molecule has 2 aromatic carbocycles. The van der Waals surface area contributed by atoms with E-state index in [0.717, 1.165) is 50.8 Å². The molecule has 0 spiro atoms. The fourth-order valence-electron chi connectivity index (χ4n) is 3.61. The van der Waals surface area contributed by atoms with Crippen LogP contribution in [0.5, 0.6) is 0 Å². The first-order chi connectivity index (χ1) is 14.7. The van der Waals surface area contributed by atoms with E-state index >= 15 is 0 Å². The number of likely N-dealkylation sites (N-methyl/N-ethyl adjacent to an activating group) is 1. The van der Waals surface area contributed by atoms with E-state index in [1.165, 1.54) is 20.9 Å². The summed E-state index contributed by atoms with van der Waals surface area (Å²) in [6, 6.07) is 14.8.